The highest BCUT2D eigenvalue weighted by Gasteiger charge is 2.48. The molecular weight excluding hydrogens is 1150 g/mol. The van der Waals surface area contributed by atoms with Crippen molar-refractivity contribution in [2.24, 2.45) is 0 Å². The SMILES string of the molecule is c1ccc(-c2cc3oc4ccccc4c3cc2N2c3cc4c(cc3B3c5ccccc5N(c5ccccc5)c5cc(N(c6ccccc6)c6ccccc6)cc2c53)B2c3ccccc3N(c3ccccc3)c3cc(N(c5ccccc5)c5ccccc5)cc(c32)S4)cc1. The lowest BCUT2D eigenvalue weighted by atomic mass is 9.31. The molecule has 1 aromatic heterocycles. The molecule has 0 atom stereocenters. The average Bonchev–Trinajstić information content (AvgIpc) is 0.750. The van der Waals surface area contributed by atoms with Gasteiger partial charge in [-0.2, -0.15) is 0 Å². The molecule has 15 aromatic rings. The van der Waals surface area contributed by atoms with Crippen LogP contribution in [0.2, 0.25) is 0 Å². The molecule has 0 N–H and O–H groups in total. The monoisotopic (exact) mass is 1200 g/mol. The van der Waals surface area contributed by atoms with Crippen LogP contribution in [0.5, 0.6) is 0 Å². The summed E-state index contributed by atoms with van der Waals surface area (Å²) in [6.45, 7) is -0.297. The summed E-state index contributed by atoms with van der Waals surface area (Å²) in [4.78, 5) is 15.0. The highest BCUT2D eigenvalue weighted by molar-refractivity contribution is 8.00. The zero-order valence-electron chi connectivity index (χ0n) is 50.5. The molecule has 0 spiro atoms. The third kappa shape index (κ3) is 8.47. The molecule has 0 aliphatic carbocycles. The summed E-state index contributed by atoms with van der Waals surface area (Å²) in [5, 5.41) is 2.14. The Balaban J connectivity index is 0.940. The van der Waals surface area contributed by atoms with Gasteiger partial charge in [0, 0.05) is 100 Å². The van der Waals surface area contributed by atoms with Crippen LogP contribution in [-0.4, -0.2) is 13.4 Å². The van der Waals surface area contributed by atoms with Crippen LogP contribution >= 0.6 is 11.8 Å². The number of benzene rings is 14. The van der Waals surface area contributed by atoms with Crippen LogP contribution in [0.1, 0.15) is 0 Å². The number of hydrogen-bond acceptors (Lipinski definition) is 7. The largest absolute Gasteiger partial charge is 0.456 e. The Kier molecular flexibility index (Phi) is 12.3. The maximum absolute atomic E-state index is 6.86. The van der Waals surface area contributed by atoms with Crippen molar-refractivity contribution in [1.82, 2.24) is 0 Å². The number of para-hydroxylation sites is 9. The van der Waals surface area contributed by atoms with Crippen LogP contribution in [0.15, 0.2) is 348 Å². The highest BCUT2D eigenvalue weighted by atomic mass is 32.2. The van der Waals surface area contributed by atoms with Crippen molar-refractivity contribution in [2.75, 3.05) is 24.5 Å². The summed E-state index contributed by atoms with van der Waals surface area (Å²) in [5.41, 5.74) is 28.0. The molecule has 0 saturated carbocycles. The van der Waals surface area contributed by atoms with Crippen LogP contribution in [-0.2, 0) is 0 Å². The van der Waals surface area contributed by atoms with Crippen molar-refractivity contribution in [3.05, 3.63) is 334 Å². The zero-order valence-corrected chi connectivity index (χ0v) is 51.3. The second-order valence-electron chi connectivity index (χ2n) is 24.3. The summed E-state index contributed by atoms with van der Waals surface area (Å²) >= 11 is 1.90. The van der Waals surface area contributed by atoms with Gasteiger partial charge in [-0.15, -0.1) is 0 Å². The standard InChI is InChI=1S/C84H55B2N5OS/c1-8-28-56(29-9-1)66-53-80-67(65-42-22-27-47-79(65)92-80)52-74(66)91-75-55-81-71(86-69-44-24-26-46-73(69)90(62-40-20-7-21-41-62)78-50-64(51-82(93-81)84(78)86)88(59-34-14-4-15-35-59)60-36-16-5-17-37-60)54-70(75)85-68-43-23-25-45-72(68)89(61-38-18-6-19-39-61)76-48-63(49-77(91)83(76)85)87(57-30-10-2-11-31-57)58-32-12-3-13-33-58/h1-55H. The molecule has 0 fully saturated rings. The van der Waals surface area contributed by atoms with Gasteiger partial charge in [-0.05, 0) is 166 Å². The number of furan rings is 1. The lowest BCUT2D eigenvalue weighted by Crippen LogP contribution is -2.64. The Morgan fingerprint density at radius 1 is 0.269 bits per heavy atom. The Morgan fingerprint density at radius 2 is 0.710 bits per heavy atom. The molecule has 19 rings (SSSR count). The molecule has 9 heteroatoms. The summed E-state index contributed by atoms with van der Waals surface area (Å²) in [6, 6.07) is 123. The van der Waals surface area contributed by atoms with E-state index in [1.54, 1.807) is 0 Å². The van der Waals surface area contributed by atoms with Gasteiger partial charge < -0.3 is 28.9 Å². The molecule has 434 valence electrons. The summed E-state index contributed by atoms with van der Waals surface area (Å²) in [5.74, 6) is 0. The molecule has 6 nitrogen and oxygen atoms in total. The topological polar surface area (TPSA) is 29.3 Å². The first-order valence-corrected chi connectivity index (χ1v) is 32.7. The maximum atomic E-state index is 6.86. The molecule has 4 aliphatic heterocycles. The van der Waals surface area contributed by atoms with Crippen LogP contribution < -0.4 is 57.3 Å². The lowest BCUT2D eigenvalue weighted by molar-refractivity contribution is 0.669. The van der Waals surface area contributed by atoms with Crippen molar-refractivity contribution < 1.29 is 4.42 Å². The van der Waals surface area contributed by atoms with E-state index in [0.717, 1.165) is 107 Å². The first kappa shape index (κ1) is 53.2. The second kappa shape index (κ2) is 21.5. The number of hydrogen-bond donors (Lipinski definition) is 0. The zero-order chi connectivity index (χ0) is 61.1. The third-order valence-corrected chi connectivity index (χ3v) is 20.3. The van der Waals surface area contributed by atoms with Gasteiger partial charge in [-0.25, -0.2) is 0 Å². The van der Waals surface area contributed by atoms with E-state index in [1.165, 1.54) is 53.9 Å². The third-order valence-electron chi connectivity index (χ3n) is 19.2. The molecule has 0 amide bonds. The summed E-state index contributed by atoms with van der Waals surface area (Å²) < 4.78 is 6.86. The number of rotatable bonds is 10. The molecule has 14 aromatic carbocycles. The quantitative estimate of drug-likeness (QED) is 0.126. The van der Waals surface area contributed by atoms with Gasteiger partial charge in [0.15, 0.2) is 0 Å². The molecule has 5 heterocycles. The fourth-order valence-corrected chi connectivity index (χ4v) is 16.5. The van der Waals surface area contributed by atoms with Gasteiger partial charge in [0.1, 0.15) is 11.2 Å². The van der Waals surface area contributed by atoms with E-state index in [2.05, 4.69) is 358 Å². The van der Waals surface area contributed by atoms with E-state index in [-0.39, 0.29) is 13.4 Å². The molecule has 0 unspecified atom stereocenters. The van der Waals surface area contributed by atoms with Gasteiger partial charge in [-0.1, -0.05) is 217 Å². The molecular formula is C84H55B2N5OS. The first-order valence-electron chi connectivity index (χ1n) is 31.9. The average molecular weight is 1200 g/mol. The van der Waals surface area contributed by atoms with E-state index in [0.29, 0.717) is 0 Å². The van der Waals surface area contributed by atoms with E-state index in [4.69, 9.17) is 4.42 Å². The predicted octanol–water partition coefficient (Wildman–Crippen LogP) is 19.0. The van der Waals surface area contributed by atoms with E-state index >= 15 is 0 Å². The van der Waals surface area contributed by atoms with Gasteiger partial charge in [0.25, 0.3) is 6.71 Å². The highest BCUT2D eigenvalue weighted by Crippen LogP contribution is 2.53. The van der Waals surface area contributed by atoms with Crippen LogP contribution in [0, 0.1) is 0 Å². The Morgan fingerprint density at radius 3 is 1.26 bits per heavy atom. The minimum Gasteiger partial charge on any atom is -0.456 e. The maximum Gasteiger partial charge on any atom is 0.252 e. The first-order chi connectivity index (χ1) is 46.2. The molecule has 93 heavy (non-hydrogen) atoms. The van der Waals surface area contributed by atoms with Crippen LogP contribution in [0.4, 0.5) is 85.3 Å². The summed E-state index contributed by atoms with van der Waals surface area (Å²) in [7, 11) is 0. The number of nitrogens with zero attached hydrogens (tertiary/aromatic N) is 5. The van der Waals surface area contributed by atoms with Gasteiger partial charge >= 0.3 is 0 Å². The number of anilines is 15. The fraction of sp³-hybridized carbons (Fsp3) is 0. The fourth-order valence-electron chi connectivity index (χ4n) is 15.3. The van der Waals surface area contributed by atoms with Crippen LogP contribution in [0.25, 0.3) is 33.1 Å². The molecule has 0 bridgehead atoms. The Bertz CT molecular complexity index is 5330. The lowest BCUT2D eigenvalue weighted by Gasteiger charge is -2.46. The smallest absolute Gasteiger partial charge is 0.252 e. The minimum atomic E-state index is -0.185. The van der Waals surface area contributed by atoms with Gasteiger partial charge in [0.2, 0.25) is 6.71 Å². The second-order valence-corrected chi connectivity index (χ2v) is 25.4. The van der Waals surface area contributed by atoms with E-state index in [1.807, 2.05) is 11.8 Å². The van der Waals surface area contributed by atoms with Crippen molar-refractivity contribution in [2.45, 2.75) is 9.79 Å². The van der Waals surface area contributed by atoms with E-state index < -0.39 is 0 Å². The van der Waals surface area contributed by atoms with Crippen molar-refractivity contribution in [3.8, 4) is 11.1 Å². The molecule has 0 saturated heterocycles. The van der Waals surface area contributed by atoms with Gasteiger partial charge in [0.05, 0.1) is 11.4 Å². The van der Waals surface area contributed by atoms with E-state index in [9.17, 15) is 0 Å². The normalized spacial score (nSPS) is 13.0. The Labute approximate surface area is 545 Å². The number of fused-ring (bicyclic) bond motifs is 11. The molecule has 4 aliphatic rings. The predicted molar refractivity (Wildman–Crippen MR) is 392 cm³/mol. The van der Waals surface area contributed by atoms with Gasteiger partial charge in [-0.3, -0.25) is 0 Å². The van der Waals surface area contributed by atoms with Crippen molar-refractivity contribution in [1.29, 1.82) is 0 Å². The van der Waals surface area contributed by atoms with Crippen molar-refractivity contribution >= 4 is 165 Å². The summed E-state index contributed by atoms with van der Waals surface area (Å²) in [6.07, 6.45) is 0. The molecule has 0 radical (unpaired) electrons. The van der Waals surface area contributed by atoms with Crippen molar-refractivity contribution in [3.63, 3.8) is 0 Å². The van der Waals surface area contributed by atoms with Crippen LogP contribution in [0.3, 0.4) is 0 Å². The minimum absolute atomic E-state index is 0.112. The Hall–Kier alpha value is -11.6.